The van der Waals surface area contributed by atoms with Crippen molar-refractivity contribution < 1.29 is 9.18 Å². The fourth-order valence-corrected chi connectivity index (χ4v) is 3.47. The average molecular weight is 365 g/mol. The molecule has 3 aromatic rings. The summed E-state index contributed by atoms with van der Waals surface area (Å²) < 4.78 is 15.2. The standard InChI is InChI=1S/C20H20FN5O/c1-25-8-6-22-19(25)18-12-23-17(11-24-18)9-14-5-7-26(13-14)20(27)15-3-2-4-16(21)10-15/h2-4,6,8,10-12,14H,5,7,9,13H2,1H3/t14-/m0/s1. The highest BCUT2D eigenvalue weighted by Gasteiger charge is 2.27. The number of aromatic nitrogens is 4. The first-order valence-electron chi connectivity index (χ1n) is 8.93. The molecule has 1 aliphatic heterocycles. The number of carbonyl (C=O) groups is 1. The first kappa shape index (κ1) is 17.3. The minimum absolute atomic E-state index is 0.117. The Bertz CT molecular complexity index is 953. The Balaban J connectivity index is 1.38. The van der Waals surface area contributed by atoms with E-state index in [2.05, 4.69) is 15.0 Å². The van der Waals surface area contributed by atoms with Gasteiger partial charge in [0.05, 0.1) is 11.9 Å². The summed E-state index contributed by atoms with van der Waals surface area (Å²) in [6, 6.07) is 5.85. The van der Waals surface area contributed by atoms with E-state index in [4.69, 9.17) is 0 Å². The first-order chi connectivity index (χ1) is 13.1. The minimum atomic E-state index is -0.389. The van der Waals surface area contributed by atoms with E-state index in [0.29, 0.717) is 24.6 Å². The summed E-state index contributed by atoms with van der Waals surface area (Å²) in [5, 5.41) is 0. The van der Waals surface area contributed by atoms with Crippen LogP contribution in [-0.4, -0.2) is 43.4 Å². The highest BCUT2D eigenvalue weighted by Crippen LogP contribution is 2.22. The van der Waals surface area contributed by atoms with Crippen LogP contribution in [0.5, 0.6) is 0 Å². The molecule has 4 rings (SSSR count). The lowest BCUT2D eigenvalue weighted by molar-refractivity contribution is 0.0786. The number of likely N-dealkylation sites (tertiary alicyclic amines) is 1. The van der Waals surface area contributed by atoms with Gasteiger partial charge < -0.3 is 9.47 Å². The van der Waals surface area contributed by atoms with Crippen molar-refractivity contribution in [3.05, 3.63) is 66.1 Å². The molecule has 1 fully saturated rings. The van der Waals surface area contributed by atoms with E-state index < -0.39 is 0 Å². The van der Waals surface area contributed by atoms with E-state index in [1.807, 2.05) is 17.8 Å². The molecule has 0 spiro atoms. The van der Waals surface area contributed by atoms with Crippen LogP contribution in [0.25, 0.3) is 11.5 Å². The van der Waals surface area contributed by atoms with Gasteiger partial charge in [-0.2, -0.15) is 0 Å². The molecule has 0 radical (unpaired) electrons. The zero-order valence-corrected chi connectivity index (χ0v) is 15.0. The number of hydrogen-bond donors (Lipinski definition) is 0. The van der Waals surface area contributed by atoms with Gasteiger partial charge in [0.1, 0.15) is 11.5 Å². The summed E-state index contributed by atoms with van der Waals surface area (Å²) in [6.07, 6.45) is 8.79. The van der Waals surface area contributed by atoms with Crippen LogP contribution in [0.2, 0.25) is 0 Å². The van der Waals surface area contributed by atoms with E-state index in [9.17, 15) is 9.18 Å². The molecule has 0 saturated carbocycles. The second-order valence-corrected chi connectivity index (χ2v) is 6.88. The van der Waals surface area contributed by atoms with Gasteiger partial charge in [0.25, 0.3) is 5.91 Å². The molecule has 1 atom stereocenters. The van der Waals surface area contributed by atoms with Crippen LogP contribution < -0.4 is 0 Å². The number of imidazole rings is 1. The van der Waals surface area contributed by atoms with Gasteiger partial charge in [-0.25, -0.2) is 14.4 Å². The number of nitrogens with zero attached hydrogens (tertiary/aromatic N) is 5. The van der Waals surface area contributed by atoms with Gasteiger partial charge in [0, 0.05) is 44.3 Å². The lowest BCUT2D eigenvalue weighted by Gasteiger charge is -2.16. The van der Waals surface area contributed by atoms with E-state index in [1.54, 1.807) is 35.6 Å². The van der Waals surface area contributed by atoms with Crippen LogP contribution in [0.3, 0.4) is 0 Å². The average Bonchev–Trinajstić information content (AvgIpc) is 3.31. The number of halogens is 1. The number of amides is 1. The maximum atomic E-state index is 13.3. The summed E-state index contributed by atoms with van der Waals surface area (Å²) in [5.41, 5.74) is 2.04. The summed E-state index contributed by atoms with van der Waals surface area (Å²) in [7, 11) is 1.92. The molecule has 0 N–H and O–H groups in total. The van der Waals surface area contributed by atoms with E-state index >= 15 is 0 Å². The summed E-state index contributed by atoms with van der Waals surface area (Å²) in [5.74, 6) is 0.602. The minimum Gasteiger partial charge on any atom is -0.338 e. The molecule has 0 aliphatic carbocycles. The van der Waals surface area contributed by atoms with Crippen molar-refractivity contribution in [2.45, 2.75) is 12.8 Å². The quantitative estimate of drug-likeness (QED) is 0.713. The number of carbonyl (C=O) groups excluding carboxylic acids is 1. The van der Waals surface area contributed by atoms with Gasteiger partial charge in [-0.05, 0) is 37.0 Å². The molecule has 138 valence electrons. The highest BCUT2D eigenvalue weighted by molar-refractivity contribution is 5.94. The summed E-state index contributed by atoms with van der Waals surface area (Å²) in [4.78, 5) is 27.6. The summed E-state index contributed by atoms with van der Waals surface area (Å²) >= 11 is 0. The van der Waals surface area contributed by atoms with Crippen molar-refractivity contribution in [2.24, 2.45) is 13.0 Å². The van der Waals surface area contributed by atoms with Crippen molar-refractivity contribution >= 4 is 5.91 Å². The maximum Gasteiger partial charge on any atom is 0.253 e. The molecule has 2 aromatic heterocycles. The second-order valence-electron chi connectivity index (χ2n) is 6.88. The third-order valence-corrected chi connectivity index (χ3v) is 4.90. The first-order valence-corrected chi connectivity index (χ1v) is 8.93. The number of hydrogen-bond acceptors (Lipinski definition) is 4. The van der Waals surface area contributed by atoms with Gasteiger partial charge in [0.2, 0.25) is 0 Å². The number of aryl methyl sites for hydroxylation is 1. The Hall–Kier alpha value is -3.09. The molecular formula is C20H20FN5O. The Morgan fingerprint density at radius 1 is 1.26 bits per heavy atom. The van der Waals surface area contributed by atoms with Crippen LogP contribution in [0, 0.1) is 11.7 Å². The summed E-state index contributed by atoms with van der Waals surface area (Å²) in [6.45, 7) is 1.33. The van der Waals surface area contributed by atoms with Crippen molar-refractivity contribution in [3.8, 4) is 11.5 Å². The Labute approximate surface area is 156 Å². The van der Waals surface area contributed by atoms with Crippen LogP contribution >= 0.6 is 0 Å². The van der Waals surface area contributed by atoms with Crippen molar-refractivity contribution in [3.63, 3.8) is 0 Å². The van der Waals surface area contributed by atoms with Crippen molar-refractivity contribution in [1.29, 1.82) is 0 Å². The highest BCUT2D eigenvalue weighted by atomic mass is 19.1. The Morgan fingerprint density at radius 3 is 2.85 bits per heavy atom. The van der Waals surface area contributed by atoms with E-state index in [0.717, 1.165) is 30.1 Å². The van der Waals surface area contributed by atoms with Crippen molar-refractivity contribution in [2.75, 3.05) is 13.1 Å². The predicted molar refractivity (Wildman–Crippen MR) is 98.3 cm³/mol. The molecule has 0 unspecified atom stereocenters. The number of rotatable bonds is 4. The molecule has 3 heterocycles. The lowest BCUT2D eigenvalue weighted by atomic mass is 10.0. The van der Waals surface area contributed by atoms with E-state index in [-0.39, 0.29) is 11.7 Å². The molecule has 1 aromatic carbocycles. The maximum absolute atomic E-state index is 13.3. The molecule has 0 bridgehead atoms. The van der Waals surface area contributed by atoms with E-state index in [1.165, 1.54) is 12.1 Å². The fraction of sp³-hybridized carbons (Fsp3) is 0.300. The molecule has 1 aliphatic rings. The van der Waals surface area contributed by atoms with Gasteiger partial charge in [0.15, 0.2) is 5.82 Å². The molecule has 7 heteroatoms. The van der Waals surface area contributed by atoms with Gasteiger partial charge >= 0.3 is 0 Å². The smallest absolute Gasteiger partial charge is 0.253 e. The molecule has 27 heavy (non-hydrogen) atoms. The van der Waals surface area contributed by atoms with Crippen LogP contribution in [0.4, 0.5) is 4.39 Å². The van der Waals surface area contributed by atoms with Gasteiger partial charge in [-0.1, -0.05) is 6.07 Å². The SMILES string of the molecule is Cn1ccnc1-c1cnc(C[C@@H]2CCN(C(=O)c3cccc(F)c3)C2)cn1. The lowest BCUT2D eigenvalue weighted by Crippen LogP contribution is -2.29. The Morgan fingerprint density at radius 2 is 2.15 bits per heavy atom. The third kappa shape index (κ3) is 3.72. The Kier molecular flexibility index (Phi) is 4.66. The third-order valence-electron chi connectivity index (χ3n) is 4.90. The zero-order chi connectivity index (χ0) is 18.8. The molecule has 1 amide bonds. The van der Waals surface area contributed by atoms with Crippen LogP contribution in [0.1, 0.15) is 22.5 Å². The topological polar surface area (TPSA) is 63.9 Å². The zero-order valence-electron chi connectivity index (χ0n) is 15.0. The normalized spacial score (nSPS) is 16.7. The predicted octanol–water partition coefficient (Wildman–Crippen LogP) is 2.72. The fourth-order valence-electron chi connectivity index (χ4n) is 3.47. The molecule has 6 nitrogen and oxygen atoms in total. The molecule has 1 saturated heterocycles. The van der Waals surface area contributed by atoms with Gasteiger partial charge in [-0.3, -0.25) is 9.78 Å². The second kappa shape index (κ2) is 7.26. The molecular weight excluding hydrogens is 345 g/mol. The van der Waals surface area contributed by atoms with Crippen molar-refractivity contribution in [1.82, 2.24) is 24.4 Å². The van der Waals surface area contributed by atoms with Crippen LogP contribution in [0.15, 0.2) is 49.1 Å². The van der Waals surface area contributed by atoms with Crippen LogP contribution in [-0.2, 0) is 13.5 Å². The largest absolute Gasteiger partial charge is 0.338 e. The van der Waals surface area contributed by atoms with Gasteiger partial charge in [-0.15, -0.1) is 0 Å². The number of benzene rings is 1. The monoisotopic (exact) mass is 365 g/mol.